The van der Waals surface area contributed by atoms with Gasteiger partial charge in [0.15, 0.2) is 6.10 Å². The Kier molecular flexibility index (Phi) is 4.83. The van der Waals surface area contributed by atoms with Crippen LogP contribution in [0.5, 0.6) is 5.75 Å². The van der Waals surface area contributed by atoms with Crippen LogP contribution in [0.25, 0.3) is 0 Å². The van der Waals surface area contributed by atoms with Crippen LogP contribution in [0.3, 0.4) is 0 Å². The summed E-state index contributed by atoms with van der Waals surface area (Å²) in [5.74, 6) is 5.38. The molecule has 116 valence electrons. The first-order valence-electron chi connectivity index (χ1n) is 7.28. The molecule has 2 aromatic carbocycles. The van der Waals surface area contributed by atoms with Crippen LogP contribution >= 0.6 is 0 Å². The van der Waals surface area contributed by atoms with E-state index in [1.807, 2.05) is 42.5 Å². The van der Waals surface area contributed by atoms with E-state index in [1.165, 1.54) is 11.1 Å². The molecule has 0 fully saturated rings. The zero-order valence-electron chi connectivity index (χ0n) is 13.2. The van der Waals surface area contributed by atoms with Gasteiger partial charge >= 0.3 is 0 Å². The number of rotatable bonds is 5. The molecule has 0 saturated carbocycles. The number of hydrazine groups is 1. The maximum atomic E-state index is 11.4. The molecule has 2 aromatic rings. The topological polar surface area (TPSA) is 64.3 Å². The van der Waals surface area contributed by atoms with Gasteiger partial charge in [-0.1, -0.05) is 56.3 Å². The van der Waals surface area contributed by atoms with Crippen LogP contribution in [0.15, 0.2) is 54.6 Å². The van der Waals surface area contributed by atoms with Gasteiger partial charge < -0.3 is 4.74 Å². The Morgan fingerprint density at radius 3 is 2.14 bits per heavy atom. The molecule has 0 aliphatic rings. The highest BCUT2D eigenvalue weighted by Crippen LogP contribution is 2.32. The van der Waals surface area contributed by atoms with Crippen molar-refractivity contribution in [3.63, 3.8) is 0 Å². The third-order valence-corrected chi connectivity index (χ3v) is 3.90. The number of ether oxygens (including phenoxy) is 1. The van der Waals surface area contributed by atoms with E-state index in [9.17, 15) is 4.79 Å². The van der Waals surface area contributed by atoms with Gasteiger partial charge in [-0.3, -0.25) is 10.2 Å². The number of nitrogens with one attached hydrogen (secondary N) is 1. The van der Waals surface area contributed by atoms with Crippen LogP contribution in [-0.2, 0) is 10.2 Å². The van der Waals surface area contributed by atoms with Gasteiger partial charge in [0.05, 0.1) is 0 Å². The maximum Gasteiger partial charge on any atom is 0.274 e. The summed E-state index contributed by atoms with van der Waals surface area (Å²) in [6.07, 6.45) is -0.627. The Bertz CT molecular complexity index is 621. The molecular weight excluding hydrogens is 276 g/mol. The summed E-state index contributed by atoms with van der Waals surface area (Å²) < 4.78 is 5.55. The zero-order chi connectivity index (χ0) is 16.2. The summed E-state index contributed by atoms with van der Waals surface area (Å²) in [6.45, 7) is 6.02. The van der Waals surface area contributed by atoms with Crippen LogP contribution in [0.1, 0.15) is 31.9 Å². The number of amides is 1. The van der Waals surface area contributed by atoms with Gasteiger partial charge in [-0.05, 0) is 30.2 Å². The van der Waals surface area contributed by atoms with Crippen molar-refractivity contribution in [2.75, 3.05) is 0 Å². The number of benzene rings is 2. The van der Waals surface area contributed by atoms with E-state index >= 15 is 0 Å². The Labute approximate surface area is 131 Å². The van der Waals surface area contributed by atoms with E-state index in [0.29, 0.717) is 5.75 Å². The minimum atomic E-state index is -0.627. The fraction of sp³-hybridized carbons (Fsp3) is 0.278. The van der Waals surface area contributed by atoms with Crippen LogP contribution in [0.4, 0.5) is 0 Å². The van der Waals surface area contributed by atoms with Gasteiger partial charge in [-0.2, -0.15) is 0 Å². The highest BCUT2D eigenvalue weighted by atomic mass is 16.5. The van der Waals surface area contributed by atoms with Gasteiger partial charge in [-0.15, -0.1) is 0 Å². The summed E-state index contributed by atoms with van der Waals surface area (Å²) in [5.41, 5.74) is 4.41. The highest BCUT2D eigenvalue weighted by Gasteiger charge is 2.23. The Morgan fingerprint density at radius 1 is 1.05 bits per heavy atom. The van der Waals surface area contributed by atoms with Crippen molar-refractivity contribution >= 4 is 5.91 Å². The lowest BCUT2D eigenvalue weighted by Gasteiger charge is -2.26. The summed E-state index contributed by atoms with van der Waals surface area (Å²) >= 11 is 0. The standard InChI is InChI=1S/C18H22N2O2/c1-13(17(21)20-19)22-16-11-9-15(10-12-16)18(2,3)14-7-5-4-6-8-14/h4-13H,19H2,1-3H3,(H,20,21)/t13-/m0/s1. The molecule has 0 aliphatic heterocycles. The van der Waals surface area contributed by atoms with Crippen molar-refractivity contribution in [1.82, 2.24) is 5.43 Å². The first-order valence-corrected chi connectivity index (χ1v) is 7.28. The molecule has 4 nitrogen and oxygen atoms in total. The second-order valence-electron chi connectivity index (χ2n) is 5.78. The summed E-state index contributed by atoms with van der Waals surface area (Å²) in [7, 11) is 0. The number of carbonyl (C=O) groups is 1. The minimum Gasteiger partial charge on any atom is -0.481 e. The molecule has 1 amide bonds. The average molecular weight is 298 g/mol. The molecule has 0 bridgehead atoms. The molecule has 22 heavy (non-hydrogen) atoms. The van der Waals surface area contributed by atoms with Gasteiger partial charge in [0, 0.05) is 5.41 Å². The second-order valence-corrected chi connectivity index (χ2v) is 5.78. The number of carbonyl (C=O) groups excluding carboxylic acids is 1. The van der Waals surface area contributed by atoms with Crippen LogP contribution in [0, 0.1) is 0 Å². The van der Waals surface area contributed by atoms with Crippen molar-refractivity contribution in [2.24, 2.45) is 5.84 Å². The second kappa shape index (κ2) is 6.62. The third-order valence-electron chi connectivity index (χ3n) is 3.90. The Balaban J connectivity index is 2.17. The molecule has 0 aromatic heterocycles. The van der Waals surface area contributed by atoms with E-state index in [2.05, 4.69) is 31.4 Å². The average Bonchev–Trinajstić information content (AvgIpc) is 2.55. The third kappa shape index (κ3) is 3.46. The highest BCUT2D eigenvalue weighted by molar-refractivity contribution is 5.80. The van der Waals surface area contributed by atoms with Crippen molar-refractivity contribution in [1.29, 1.82) is 0 Å². The van der Waals surface area contributed by atoms with E-state index in [0.717, 1.165) is 0 Å². The quantitative estimate of drug-likeness (QED) is 0.507. The predicted octanol–water partition coefficient (Wildman–Crippen LogP) is 2.77. The van der Waals surface area contributed by atoms with Crippen LogP contribution in [0.2, 0.25) is 0 Å². The molecule has 0 heterocycles. The normalized spacial score (nSPS) is 12.5. The van der Waals surface area contributed by atoms with Crippen molar-refractivity contribution in [3.8, 4) is 5.75 Å². The van der Waals surface area contributed by atoms with E-state index in [4.69, 9.17) is 10.6 Å². The summed E-state index contributed by atoms with van der Waals surface area (Å²) in [6, 6.07) is 18.1. The molecule has 2 rings (SSSR count). The molecule has 3 N–H and O–H groups in total. The van der Waals surface area contributed by atoms with Gasteiger partial charge in [0.25, 0.3) is 5.91 Å². The first-order chi connectivity index (χ1) is 10.4. The zero-order valence-corrected chi connectivity index (χ0v) is 13.2. The molecule has 0 spiro atoms. The first kappa shape index (κ1) is 16.0. The lowest BCUT2D eigenvalue weighted by Crippen LogP contribution is -2.40. The SMILES string of the molecule is C[C@H](Oc1ccc(C(C)(C)c2ccccc2)cc1)C(=O)NN. The smallest absolute Gasteiger partial charge is 0.274 e. The number of hydrogen-bond donors (Lipinski definition) is 2. The van der Waals surface area contributed by atoms with Crippen molar-refractivity contribution < 1.29 is 9.53 Å². The molecular formula is C18H22N2O2. The molecule has 0 radical (unpaired) electrons. The van der Waals surface area contributed by atoms with E-state index < -0.39 is 6.10 Å². The van der Waals surface area contributed by atoms with E-state index in [-0.39, 0.29) is 11.3 Å². The monoisotopic (exact) mass is 298 g/mol. The summed E-state index contributed by atoms with van der Waals surface area (Å²) in [4.78, 5) is 11.4. The lowest BCUT2D eigenvalue weighted by molar-refractivity contribution is -0.127. The molecule has 1 atom stereocenters. The molecule has 0 aliphatic carbocycles. The van der Waals surface area contributed by atoms with E-state index in [1.54, 1.807) is 6.92 Å². The molecule has 4 heteroatoms. The number of nitrogens with two attached hydrogens (primary N) is 1. The maximum absolute atomic E-state index is 11.4. The molecule has 0 unspecified atom stereocenters. The Hall–Kier alpha value is -2.33. The lowest BCUT2D eigenvalue weighted by atomic mass is 9.78. The summed E-state index contributed by atoms with van der Waals surface area (Å²) in [5, 5.41) is 0. The number of hydrogen-bond acceptors (Lipinski definition) is 3. The predicted molar refractivity (Wildman–Crippen MR) is 87.4 cm³/mol. The van der Waals surface area contributed by atoms with Gasteiger partial charge in [-0.25, -0.2) is 5.84 Å². The van der Waals surface area contributed by atoms with Crippen LogP contribution in [-0.4, -0.2) is 12.0 Å². The van der Waals surface area contributed by atoms with Gasteiger partial charge in [0.2, 0.25) is 0 Å². The minimum absolute atomic E-state index is 0.0972. The van der Waals surface area contributed by atoms with Gasteiger partial charge in [0.1, 0.15) is 5.75 Å². The Morgan fingerprint density at radius 2 is 1.59 bits per heavy atom. The largest absolute Gasteiger partial charge is 0.481 e. The fourth-order valence-electron chi connectivity index (χ4n) is 2.35. The fourth-order valence-corrected chi connectivity index (χ4v) is 2.35. The van der Waals surface area contributed by atoms with Crippen molar-refractivity contribution in [2.45, 2.75) is 32.3 Å². The molecule has 0 saturated heterocycles. The van der Waals surface area contributed by atoms with Crippen molar-refractivity contribution in [3.05, 3.63) is 65.7 Å². The van der Waals surface area contributed by atoms with Crippen LogP contribution < -0.4 is 16.0 Å².